The van der Waals surface area contributed by atoms with Gasteiger partial charge in [-0.05, 0) is 26.0 Å². The summed E-state index contributed by atoms with van der Waals surface area (Å²) < 4.78 is 6.59. The highest BCUT2D eigenvalue weighted by molar-refractivity contribution is 7.17. The largest absolute Gasteiger partial charge is 0.457 e. The average molecular weight is 398 g/mol. The molecule has 28 heavy (non-hydrogen) atoms. The van der Waals surface area contributed by atoms with Crippen molar-refractivity contribution >= 4 is 39.2 Å². The molecule has 0 radical (unpaired) electrons. The van der Waals surface area contributed by atoms with Crippen LogP contribution in [0.2, 0.25) is 0 Å². The molecule has 2 aromatic heterocycles. The van der Waals surface area contributed by atoms with Gasteiger partial charge in [0.25, 0.3) is 5.91 Å². The third kappa shape index (κ3) is 3.70. The number of fused-ring (bicyclic) bond motifs is 1. The lowest BCUT2D eigenvalue weighted by Gasteiger charge is -2.09. The third-order valence-electron chi connectivity index (χ3n) is 3.91. The van der Waals surface area contributed by atoms with Gasteiger partial charge in [-0.3, -0.25) is 19.6 Å². The summed E-state index contributed by atoms with van der Waals surface area (Å²) in [5.41, 5.74) is 0.386. The lowest BCUT2D eigenvalue weighted by Crippen LogP contribution is -2.27. The second-order valence-corrected chi connectivity index (χ2v) is 6.78. The summed E-state index contributed by atoms with van der Waals surface area (Å²) in [7, 11) is 0. The Morgan fingerprint density at radius 3 is 2.82 bits per heavy atom. The fourth-order valence-electron chi connectivity index (χ4n) is 2.62. The molecule has 0 aliphatic heterocycles. The Balaban J connectivity index is 1.92. The van der Waals surface area contributed by atoms with Gasteiger partial charge in [0.2, 0.25) is 5.43 Å². The fourth-order valence-corrected chi connectivity index (χ4v) is 3.48. The van der Waals surface area contributed by atoms with E-state index in [2.05, 4.69) is 22.0 Å². The van der Waals surface area contributed by atoms with Gasteiger partial charge in [-0.25, -0.2) is 9.78 Å². The van der Waals surface area contributed by atoms with Crippen molar-refractivity contribution < 1.29 is 14.3 Å². The average Bonchev–Trinajstić information content (AvgIpc) is 3.06. The van der Waals surface area contributed by atoms with Gasteiger partial charge >= 0.3 is 5.97 Å². The molecule has 0 unspecified atom stereocenters. The SMILES string of the molecule is C=CCOC(=O)c1sc(NC(=O)c2nn(CC)c3ccccc3c2=O)nc1C. The minimum Gasteiger partial charge on any atom is -0.457 e. The first-order valence-corrected chi connectivity index (χ1v) is 9.34. The number of amides is 1. The van der Waals surface area contributed by atoms with Crippen LogP contribution in [0.1, 0.15) is 32.8 Å². The number of hydrogen-bond acceptors (Lipinski definition) is 7. The number of anilines is 1. The quantitative estimate of drug-likeness (QED) is 0.506. The van der Waals surface area contributed by atoms with Crippen LogP contribution in [-0.2, 0) is 11.3 Å². The lowest BCUT2D eigenvalue weighted by molar-refractivity contribution is 0.0554. The lowest BCUT2D eigenvalue weighted by atomic mass is 10.2. The van der Waals surface area contributed by atoms with Gasteiger partial charge in [0.15, 0.2) is 10.8 Å². The number of aromatic nitrogens is 3. The van der Waals surface area contributed by atoms with Crippen molar-refractivity contribution in [3.05, 3.63) is 63.4 Å². The molecule has 9 heteroatoms. The molecule has 3 rings (SSSR count). The summed E-state index contributed by atoms with van der Waals surface area (Å²) in [4.78, 5) is 41.8. The number of benzene rings is 1. The molecule has 144 valence electrons. The normalized spacial score (nSPS) is 10.6. The van der Waals surface area contributed by atoms with Crippen molar-refractivity contribution in [3.8, 4) is 0 Å². The maximum atomic E-state index is 12.7. The van der Waals surface area contributed by atoms with Crippen molar-refractivity contribution in [2.24, 2.45) is 0 Å². The highest BCUT2D eigenvalue weighted by atomic mass is 32.1. The van der Waals surface area contributed by atoms with Crippen LogP contribution in [0.25, 0.3) is 10.9 Å². The smallest absolute Gasteiger partial charge is 0.350 e. The van der Waals surface area contributed by atoms with Crippen LogP contribution in [0.4, 0.5) is 5.13 Å². The Morgan fingerprint density at radius 1 is 1.36 bits per heavy atom. The van der Waals surface area contributed by atoms with E-state index < -0.39 is 17.3 Å². The van der Waals surface area contributed by atoms with Crippen molar-refractivity contribution in [3.63, 3.8) is 0 Å². The van der Waals surface area contributed by atoms with Crippen LogP contribution in [0, 0.1) is 6.92 Å². The molecule has 0 fully saturated rings. The molecule has 1 aromatic carbocycles. The van der Waals surface area contributed by atoms with E-state index in [1.54, 1.807) is 35.9 Å². The second kappa shape index (κ2) is 8.13. The maximum Gasteiger partial charge on any atom is 0.350 e. The van der Waals surface area contributed by atoms with E-state index >= 15 is 0 Å². The second-order valence-electron chi connectivity index (χ2n) is 5.79. The number of carbonyl (C=O) groups excluding carboxylic acids is 2. The molecule has 0 atom stereocenters. The Kier molecular flexibility index (Phi) is 5.65. The number of rotatable bonds is 6. The van der Waals surface area contributed by atoms with Crippen LogP contribution < -0.4 is 10.7 Å². The molecule has 0 spiro atoms. The molecule has 3 aromatic rings. The number of nitrogens with one attached hydrogen (secondary N) is 1. The summed E-state index contributed by atoms with van der Waals surface area (Å²) in [6, 6.07) is 6.97. The Morgan fingerprint density at radius 2 is 2.11 bits per heavy atom. The first-order valence-electron chi connectivity index (χ1n) is 8.53. The van der Waals surface area contributed by atoms with Gasteiger partial charge in [-0.15, -0.1) is 0 Å². The van der Waals surface area contributed by atoms with Gasteiger partial charge in [0.05, 0.1) is 11.2 Å². The minimum absolute atomic E-state index is 0.0788. The van der Waals surface area contributed by atoms with E-state index in [1.807, 2.05) is 6.92 Å². The predicted molar refractivity (Wildman–Crippen MR) is 107 cm³/mol. The van der Waals surface area contributed by atoms with Gasteiger partial charge in [0, 0.05) is 11.9 Å². The molecule has 0 aliphatic rings. The zero-order valence-electron chi connectivity index (χ0n) is 15.4. The third-order valence-corrected chi connectivity index (χ3v) is 4.96. The molecular formula is C19H18N4O4S. The van der Waals surface area contributed by atoms with E-state index in [4.69, 9.17) is 4.74 Å². The van der Waals surface area contributed by atoms with Crippen LogP contribution >= 0.6 is 11.3 Å². The first-order chi connectivity index (χ1) is 13.5. The number of esters is 1. The Bertz CT molecular complexity index is 1130. The van der Waals surface area contributed by atoms with Gasteiger partial charge in [-0.2, -0.15) is 5.10 Å². The minimum atomic E-state index is -0.683. The molecule has 0 saturated carbocycles. The van der Waals surface area contributed by atoms with E-state index in [0.29, 0.717) is 23.1 Å². The molecular weight excluding hydrogens is 380 g/mol. The summed E-state index contributed by atoms with van der Waals surface area (Å²) in [5.74, 6) is -1.23. The van der Waals surface area contributed by atoms with Gasteiger partial charge in [-0.1, -0.05) is 36.1 Å². The highest BCUT2D eigenvalue weighted by Gasteiger charge is 2.21. The number of carbonyl (C=O) groups is 2. The highest BCUT2D eigenvalue weighted by Crippen LogP contribution is 2.23. The summed E-state index contributed by atoms with van der Waals surface area (Å²) in [5, 5.41) is 7.33. The number of para-hydroxylation sites is 1. The molecule has 2 heterocycles. The Hall–Kier alpha value is -3.33. The summed E-state index contributed by atoms with van der Waals surface area (Å²) >= 11 is 0.972. The maximum absolute atomic E-state index is 12.7. The fraction of sp³-hybridized carbons (Fsp3) is 0.211. The van der Waals surface area contributed by atoms with E-state index in [-0.39, 0.29) is 22.3 Å². The summed E-state index contributed by atoms with van der Waals surface area (Å²) in [6.07, 6.45) is 1.46. The number of ether oxygens (including phenoxy) is 1. The number of thiazole rings is 1. The topological polar surface area (TPSA) is 103 Å². The standard InChI is InChI=1S/C19H18N4O4S/c1-4-10-27-18(26)16-11(3)20-19(28-16)21-17(25)14-15(24)12-8-6-7-9-13(12)23(5-2)22-14/h4,6-9H,1,5,10H2,2-3H3,(H,20,21,25). The van der Waals surface area contributed by atoms with Crippen LogP contribution in [0.5, 0.6) is 0 Å². The van der Waals surface area contributed by atoms with Gasteiger partial charge < -0.3 is 4.74 Å². The zero-order chi connectivity index (χ0) is 20.3. The molecule has 0 bridgehead atoms. The zero-order valence-corrected chi connectivity index (χ0v) is 16.2. The molecule has 0 saturated heterocycles. The molecule has 1 N–H and O–H groups in total. The van der Waals surface area contributed by atoms with Crippen molar-refractivity contribution in [2.75, 3.05) is 11.9 Å². The number of hydrogen-bond donors (Lipinski definition) is 1. The van der Waals surface area contributed by atoms with Crippen LogP contribution in [-0.4, -0.2) is 33.2 Å². The molecule has 8 nitrogen and oxygen atoms in total. The van der Waals surface area contributed by atoms with E-state index in [9.17, 15) is 14.4 Å². The van der Waals surface area contributed by atoms with Crippen LogP contribution in [0.3, 0.4) is 0 Å². The molecule has 0 aliphatic carbocycles. The number of aryl methyl sites for hydroxylation is 2. The summed E-state index contributed by atoms with van der Waals surface area (Å²) in [6.45, 7) is 7.57. The first kappa shape index (κ1) is 19.4. The predicted octanol–water partition coefficient (Wildman–Crippen LogP) is 2.78. The Labute approximate surface area is 164 Å². The van der Waals surface area contributed by atoms with Crippen molar-refractivity contribution in [1.82, 2.24) is 14.8 Å². The van der Waals surface area contributed by atoms with Crippen LogP contribution in [0.15, 0.2) is 41.7 Å². The van der Waals surface area contributed by atoms with E-state index in [0.717, 1.165) is 11.3 Å². The van der Waals surface area contributed by atoms with Gasteiger partial charge in [0.1, 0.15) is 11.5 Å². The van der Waals surface area contributed by atoms with Crippen molar-refractivity contribution in [2.45, 2.75) is 20.4 Å². The van der Waals surface area contributed by atoms with E-state index in [1.165, 1.54) is 6.08 Å². The monoisotopic (exact) mass is 398 g/mol. The number of nitrogens with zero attached hydrogens (tertiary/aromatic N) is 3. The van der Waals surface area contributed by atoms with Crippen molar-refractivity contribution in [1.29, 1.82) is 0 Å². The molecule has 1 amide bonds.